The molecule has 0 bridgehead atoms. The monoisotopic (exact) mass is 289 g/mol. The van der Waals surface area contributed by atoms with E-state index in [0.717, 1.165) is 11.3 Å². The third-order valence-corrected chi connectivity index (χ3v) is 3.90. The Bertz CT molecular complexity index is 512. The molecular formula is C16H23N3O2. The van der Waals surface area contributed by atoms with Crippen LogP contribution in [0, 0.1) is 0 Å². The van der Waals surface area contributed by atoms with E-state index >= 15 is 0 Å². The van der Waals surface area contributed by atoms with Gasteiger partial charge in [0.05, 0.1) is 5.92 Å². The number of rotatable bonds is 6. The van der Waals surface area contributed by atoms with E-state index in [1.807, 2.05) is 38.1 Å². The summed E-state index contributed by atoms with van der Waals surface area (Å²) in [6.45, 7) is 6.36. The van der Waals surface area contributed by atoms with E-state index in [2.05, 4.69) is 10.6 Å². The Balaban J connectivity index is 1.82. The number of hydrogen-bond acceptors (Lipinski definition) is 3. The minimum atomic E-state index is -0.162. The van der Waals surface area contributed by atoms with Crippen LogP contribution in [0.3, 0.4) is 0 Å². The second-order valence-corrected chi connectivity index (χ2v) is 5.13. The highest BCUT2D eigenvalue weighted by atomic mass is 16.2. The number of nitrogens with zero attached hydrogens (tertiary/aromatic N) is 1. The fourth-order valence-corrected chi connectivity index (χ4v) is 2.67. The zero-order chi connectivity index (χ0) is 15.2. The first-order valence-electron chi connectivity index (χ1n) is 7.55. The summed E-state index contributed by atoms with van der Waals surface area (Å²) in [5, 5.41) is 6.10. The van der Waals surface area contributed by atoms with Crippen molar-refractivity contribution in [3.05, 3.63) is 29.8 Å². The summed E-state index contributed by atoms with van der Waals surface area (Å²) < 4.78 is 0. The van der Waals surface area contributed by atoms with E-state index in [-0.39, 0.29) is 17.7 Å². The molecule has 0 aliphatic carbocycles. The van der Waals surface area contributed by atoms with Crippen LogP contribution in [0.5, 0.6) is 0 Å². The van der Waals surface area contributed by atoms with E-state index in [1.165, 1.54) is 0 Å². The number of para-hydroxylation sites is 1. The van der Waals surface area contributed by atoms with Gasteiger partial charge in [0.15, 0.2) is 0 Å². The number of fused-ring (bicyclic) bond motifs is 1. The van der Waals surface area contributed by atoms with Crippen LogP contribution in [-0.4, -0.2) is 42.9 Å². The lowest BCUT2D eigenvalue weighted by Crippen LogP contribution is -2.36. The second kappa shape index (κ2) is 7.11. The Morgan fingerprint density at radius 2 is 2.00 bits per heavy atom. The van der Waals surface area contributed by atoms with Gasteiger partial charge in [-0.25, -0.2) is 0 Å². The van der Waals surface area contributed by atoms with Crippen molar-refractivity contribution in [3.63, 3.8) is 0 Å². The quantitative estimate of drug-likeness (QED) is 0.835. The van der Waals surface area contributed by atoms with E-state index in [9.17, 15) is 9.59 Å². The second-order valence-electron chi connectivity index (χ2n) is 5.13. The van der Waals surface area contributed by atoms with Gasteiger partial charge in [-0.2, -0.15) is 0 Å². The zero-order valence-corrected chi connectivity index (χ0v) is 12.7. The normalized spacial score (nSPS) is 16.0. The van der Waals surface area contributed by atoms with Crippen LogP contribution >= 0.6 is 0 Å². The smallest absolute Gasteiger partial charge is 0.229 e. The molecule has 2 N–H and O–H groups in total. The molecule has 5 nitrogen and oxygen atoms in total. The van der Waals surface area contributed by atoms with Gasteiger partial charge in [0.25, 0.3) is 0 Å². The van der Waals surface area contributed by atoms with Crippen LogP contribution in [0.15, 0.2) is 24.3 Å². The van der Waals surface area contributed by atoms with Crippen LogP contribution in [-0.2, 0) is 9.59 Å². The van der Waals surface area contributed by atoms with Crippen LogP contribution < -0.4 is 10.6 Å². The molecule has 1 atom stereocenters. The van der Waals surface area contributed by atoms with Crippen molar-refractivity contribution in [3.8, 4) is 0 Å². The molecule has 1 aromatic carbocycles. The standard InChI is InChI=1S/C16H23N3O2/c1-3-19(4-2)15(20)9-10-17-16(21)13-11-18-14-8-6-5-7-12(13)14/h5-8,13,18H,3-4,9-11H2,1-2H3,(H,17,21). The van der Waals surface area contributed by atoms with Gasteiger partial charge in [-0.1, -0.05) is 18.2 Å². The van der Waals surface area contributed by atoms with E-state index in [0.29, 0.717) is 32.6 Å². The molecule has 2 amide bonds. The van der Waals surface area contributed by atoms with E-state index in [4.69, 9.17) is 0 Å². The maximum Gasteiger partial charge on any atom is 0.229 e. The summed E-state index contributed by atoms with van der Waals surface area (Å²) in [5.41, 5.74) is 2.06. The van der Waals surface area contributed by atoms with Gasteiger partial charge in [-0.15, -0.1) is 0 Å². The average molecular weight is 289 g/mol. The average Bonchev–Trinajstić information content (AvgIpc) is 2.92. The molecule has 21 heavy (non-hydrogen) atoms. The van der Waals surface area contributed by atoms with Crippen LogP contribution in [0.2, 0.25) is 0 Å². The molecule has 0 saturated heterocycles. The van der Waals surface area contributed by atoms with Crippen molar-refractivity contribution >= 4 is 17.5 Å². The zero-order valence-electron chi connectivity index (χ0n) is 12.7. The largest absolute Gasteiger partial charge is 0.384 e. The lowest BCUT2D eigenvalue weighted by molar-refractivity contribution is -0.130. The summed E-state index contributed by atoms with van der Waals surface area (Å²) in [6, 6.07) is 7.85. The number of carbonyl (C=O) groups excluding carboxylic acids is 2. The summed E-state index contributed by atoms with van der Waals surface area (Å²) in [5.74, 6) is -0.0881. The Morgan fingerprint density at radius 3 is 2.71 bits per heavy atom. The van der Waals surface area contributed by atoms with Gasteiger partial charge in [-0.05, 0) is 25.5 Å². The minimum Gasteiger partial charge on any atom is -0.384 e. The summed E-state index contributed by atoms with van der Waals surface area (Å²) in [4.78, 5) is 25.9. The maximum absolute atomic E-state index is 12.2. The maximum atomic E-state index is 12.2. The number of hydrogen-bond donors (Lipinski definition) is 2. The van der Waals surface area contributed by atoms with Crippen molar-refractivity contribution < 1.29 is 9.59 Å². The minimum absolute atomic E-state index is 0.0141. The number of amides is 2. The highest BCUT2D eigenvalue weighted by molar-refractivity contribution is 5.88. The van der Waals surface area contributed by atoms with Crippen molar-refractivity contribution in [2.75, 3.05) is 31.5 Å². The van der Waals surface area contributed by atoms with Crippen LogP contribution in [0.1, 0.15) is 31.7 Å². The summed E-state index contributed by atoms with van der Waals surface area (Å²) in [6.07, 6.45) is 0.356. The molecule has 1 unspecified atom stereocenters. The SMILES string of the molecule is CCN(CC)C(=O)CCNC(=O)C1CNc2ccccc21. The van der Waals surface area contributed by atoms with Gasteiger partial charge in [-0.3, -0.25) is 9.59 Å². The first-order valence-corrected chi connectivity index (χ1v) is 7.55. The van der Waals surface area contributed by atoms with Gasteiger partial charge >= 0.3 is 0 Å². The van der Waals surface area contributed by atoms with Crippen molar-refractivity contribution in [1.82, 2.24) is 10.2 Å². The highest BCUT2D eigenvalue weighted by Crippen LogP contribution is 2.30. The number of nitrogens with one attached hydrogen (secondary N) is 2. The molecule has 1 aliphatic heterocycles. The molecule has 0 spiro atoms. The van der Waals surface area contributed by atoms with Crippen LogP contribution in [0.4, 0.5) is 5.69 Å². The number of carbonyl (C=O) groups is 2. The molecule has 2 rings (SSSR count). The molecule has 0 aromatic heterocycles. The molecule has 1 aliphatic rings. The molecule has 0 radical (unpaired) electrons. The molecular weight excluding hydrogens is 266 g/mol. The Kier molecular flexibility index (Phi) is 5.20. The first kappa shape index (κ1) is 15.4. The number of benzene rings is 1. The van der Waals surface area contributed by atoms with Crippen molar-refractivity contribution in [2.45, 2.75) is 26.2 Å². The molecule has 0 fully saturated rings. The van der Waals surface area contributed by atoms with Crippen molar-refractivity contribution in [1.29, 1.82) is 0 Å². The Morgan fingerprint density at radius 1 is 1.29 bits per heavy atom. The molecule has 1 heterocycles. The Labute approximate surface area is 125 Å². The number of anilines is 1. The lowest BCUT2D eigenvalue weighted by Gasteiger charge is -2.19. The van der Waals surface area contributed by atoms with Crippen molar-refractivity contribution in [2.24, 2.45) is 0 Å². The third kappa shape index (κ3) is 3.54. The molecule has 5 heteroatoms. The predicted octanol–water partition coefficient (Wildman–Crippen LogP) is 1.57. The summed E-state index contributed by atoms with van der Waals surface area (Å²) in [7, 11) is 0. The fourth-order valence-electron chi connectivity index (χ4n) is 2.67. The van der Waals surface area contributed by atoms with Gasteiger partial charge in [0.2, 0.25) is 11.8 Å². The highest BCUT2D eigenvalue weighted by Gasteiger charge is 2.27. The fraction of sp³-hybridized carbons (Fsp3) is 0.500. The molecule has 0 saturated carbocycles. The predicted molar refractivity (Wildman–Crippen MR) is 83.2 cm³/mol. The third-order valence-electron chi connectivity index (χ3n) is 3.90. The Hall–Kier alpha value is -2.04. The van der Waals surface area contributed by atoms with E-state index in [1.54, 1.807) is 4.90 Å². The van der Waals surface area contributed by atoms with Crippen LogP contribution in [0.25, 0.3) is 0 Å². The molecule has 1 aromatic rings. The first-order chi connectivity index (χ1) is 10.2. The lowest BCUT2D eigenvalue weighted by atomic mass is 10.0. The van der Waals surface area contributed by atoms with E-state index < -0.39 is 0 Å². The van der Waals surface area contributed by atoms with Gasteiger partial charge in [0, 0.05) is 38.3 Å². The summed E-state index contributed by atoms with van der Waals surface area (Å²) >= 11 is 0. The van der Waals surface area contributed by atoms with Gasteiger partial charge < -0.3 is 15.5 Å². The molecule has 114 valence electrons. The van der Waals surface area contributed by atoms with Gasteiger partial charge in [0.1, 0.15) is 0 Å². The topological polar surface area (TPSA) is 61.4 Å².